The van der Waals surface area contributed by atoms with Crippen molar-refractivity contribution in [1.29, 1.82) is 0 Å². The van der Waals surface area contributed by atoms with E-state index in [-0.39, 0.29) is 23.5 Å². The van der Waals surface area contributed by atoms with Gasteiger partial charge in [-0.2, -0.15) is 0 Å². The monoisotopic (exact) mass is 427 g/mol. The average Bonchev–Trinajstić information content (AvgIpc) is 3.16. The van der Waals surface area contributed by atoms with Gasteiger partial charge in [-0.3, -0.25) is 18.6 Å². The average molecular weight is 427 g/mol. The number of hydrogen-bond acceptors (Lipinski definition) is 5. The summed E-state index contributed by atoms with van der Waals surface area (Å²) in [7, 11) is 0. The second-order valence-corrected chi connectivity index (χ2v) is 7.24. The minimum Gasteiger partial charge on any atom is -0.323 e. The third kappa shape index (κ3) is 3.57. The first-order chi connectivity index (χ1) is 14.5. The lowest BCUT2D eigenvalue weighted by Gasteiger charge is -2.10. The minimum absolute atomic E-state index is 0.0908. The Morgan fingerprint density at radius 3 is 2.77 bits per heavy atom. The largest absolute Gasteiger partial charge is 0.323 e. The number of carbonyl (C=O) groups is 1. The number of amides is 1. The Bertz CT molecular complexity index is 1350. The van der Waals surface area contributed by atoms with Gasteiger partial charge in [0.25, 0.3) is 5.56 Å². The predicted octanol–water partition coefficient (Wildman–Crippen LogP) is 3.24. The van der Waals surface area contributed by atoms with Crippen LogP contribution in [0.1, 0.15) is 0 Å². The lowest BCUT2D eigenvalue weighted by atomic mass is 10.2. The van der Waals surface area contributed by atoms with Crippen LogP contribution >= 0.6 is 11.8 Å². The molecule has 10 heteroatoms. The molecule has 152 valence electrons. The Balaban J connectivity index is 1.66. The van der Waals surface area contributed by atoms with E-state index >= 15 is 0 Å². The molecule has 2 aromatic carbocycles. The van der Waals surface area contributed by atoms with E-state index in [9.17, 15) is 18.4 Å². The molecule has 0 radical (unpaired) electrons. The number of para-hydroxylation sites is 1. The fraction of sp³-hybridized carbons (Fsp3) is 0.100. The van der Waals surface area contributed by atoms with Crippen molar-refractivity contribution in [3.05, 3.63) is 77.1 Å². The number of halogens is 2. The smallest absolute Gasteiger partial charge is 0.263 e. The van der Waals surface area contributed by atoms with Crippen LogP contribution in [0, 0.1) is 11.6 Å². The summed E-state index contributed by atoms with van der Waals surface area (Å²) < 4.78 is 29.9. The highest BCUT2D eigenvalue weighted by molar-refractivity contribution is 7.99. The van der Waals surface area contributed by atoms with Crippen molar-refractivity contribution in [3.8, 4) is 0 Å². The molecule has 0 unspecified atom stereocenters. The van der Waals surface area contributed by atoms with Gasteiger partial charge in [0.05, 0.1) is 22.3 Å². The van der Waals surface area contributed by atoms with E-state index in [1.54, 1.807) is 34.7 Å². The summed E-state index contributed by atoms with van der Waals surface area (Å²) in [5, 5.41) is 11.5. The fourth-order valence-electron chi connectivity index (χ4n) is 3.03. The number of benzene rings is 2. The van der Waals surface area contributed by atoms with E-state index < -0.39 is 17.5 Å². The van der Waals surface area contributed by atoms with Gasteiger partial charge in [-0.15, -0.1) is 16.8 Å². The highest BCUT2D eigenvalue weighted by Crippen LogP contribution is 2.22. The van der Waals surface area contributed by atoms with Crippen LogP contribution in [0.4, 0.5) is 14.5 Å². The topological polar surface area (TPSA) is 81.3 Å². The fourth-order valence-corrected chi connectivity index (χ4v) is 3.77. The first-order valence-corrected chi connectivity index (χ1v) is 9.83. The Hall–Kier alpha value is -3.53. The molecule has 0 aliphatic heterocycles. The number of aromatic nitrogens is 4. The zero-order chi connectivity index (χ0) is 21.3. The van der Waals surface area contributed by atoms with Crippen molar-refractivity contribution < 1.29 is 13.6 Å². The van der Waals surface area contributed by atoms with Crippen molar-refractivity contribution in [2.45, 2.75) is 11.7 Å². The first kappa shape index (κ1) is 19.8. The van der Waals surface area contributed by atoms with Crippen LogP contribution in [0.3, 0.4) is 0 Å². The first-order valence-electron chi connectivity index (χ1n) is 8.85. The number of nitrogens with one attached hydrogen (secondary N) is 1. The molecule has 30 heavy (non-hydrogen) atoms. The molecule has 0 atom stereocenters. The second kappa shape index (κ2) is 8.07. The Kier molecular flexibility index (Phi) is 5.32. The Labute approximate surface area is 173 Å². The standard InChI is InChI=1S/C20H15F2N5O2S/c1-2-9-26-18(29)13-5-3-4-6-16(13)27-19(26)24-25-20(27)30-11-17(28)23-15-8-7-12(21)10-14(15)22/h2-8,10H,1,9,11H2,(H,23,28). The quantitative estimate of drug-likeness (QED) is 0.377. The van der Waals surface area contributed by atoms with Gasteiger partial charge in [0.1, 0.15) is 11.6 Å². The third-order valence-corrected chi connectivity index (χ3v) is 5.26. The maximum absolute atomic E-state index is 13.7. The molecule has 0 aliphatic carbocycles. The molecular formula is C20H15F2N5O2S. The van der Waals surface area contributed by atoms with E-state index in [1.165, 1.54) is 4.57 Å². The van der Waals surface area contributed by atoms with Crippen LogP contribution in [0.15, 0.2) is 65.1 Å². The maximum Gasteiger partial charge on any atom is 0.263 e. The lowest BCUT2D eigenvalue weighted by molar-refractivity contribution is -0.113. The zero-order valence-electron chi connectivity index (χ0n) is 15.5. The van der Waals surface area contributed by atoms with Crippen molar-refractivity contribution in [2.24, 2.45) is 0 Å². The SMILES string of the molecule is C=CCn1c(=O)c2ccccc2n2c(SCC(=O)Nc3ccc(F)cc3F)nnc12. The molecule has 2 heterocycles. The third-order valence-electron chi connectivity index (χ3n) is 4.33. The summed E-state index contributed by atoms with van der Waals surface area (Å²) in [6, 6.07) is 9.93. The van der Waals surface area contributed by atoms with E-state index in [4.69, 9.17) is 0 Å². The van der Waals surface area contributed by atoms with E-state index in [1.807, 2.05) is 0 Å². The molecule has 4 aromatic rings. The maximum atomic E-state index is 13.7. The van der Waals surface area contributed by atoms with Gasteiger partial charge in [0.2, 0.25) is 11.7 Å². The van der Waals surface area contributed by atoms with Gasteiger partial charge >= 0.3 is 0 Å². The Morgan fingerprint density at radius 1 is 1.20 bits per heavy atom. The van der Waals surface area contributed by atoms with Crippen LogP contribution < -0.4 is 10.9 Å². The Morgan fingerprint density at radius 2 is 2.00 bits per heavy atom. The molecule has 0 saturated heterocycles. The molecule has 0 aliphatic rings. The van der Waals surface area contributed by atoms with Gasteiger partial charge < -0.3 is 5.32 Å². The molecule has 0 fully saturated rings. The molecule has 7 nitrogen and oxygen atoms in total. The number of thioether (sulfide) groups is 1. The lowest BCUT2D eigenvalue weighted by Crippen LogP contribution is -2.22. The highest BCUT2D eigenvalue weighted by atomic mass is 32.2. The molecule has 1 amide bonds. The number of allylic oxidation sites excluding steroid dienone is 1. The van der Waals surface area contributed by atoms with Crippen molar-refractivity contribution in [1.82, 2.24) is 19.2 Å². The van der Waals surface area contributed by atoms with Crippen molar-refractivity contribution in [2.75, 3.05) is 11.1 Å². The normalized spacial score (nSPS) is 11.1. The number of fused-ring (bicyclic) bond motifs is 3. The summed E-state index contributed by atoms with van der Waals surface area (Å²) in [6.45, 7) is 3.92. The number of rotatable bonds is 6. The van der Waals surface area contributed by atoms with Gasteiger partial charge in [-0.05, 0) is 24.3 Å². The molecule has 4 rings (SSSR count). The summed E-state index contributed by atoms with van der Waals surface area (Å²) in [4.78, 5) is 25.0. The zero-order valence-corrected chi connectivity index (χ0v) is 16.3. The van der Waals surface area contributed by atoms with Crippen LogP contribution in [0.2, 0.25) is 0 Å². The van der Waals surface area contributed by atoms with Crippen molar-refractivity contribution >= 4 is 40.0 Å². The summed E-state index contributed by atoms with van der Waals surface area (Å²) in [6.07, 6.45) is 1.59. The predicted molar refractivity (Wildman–Crippen MR) is 111 cm³/mol. The number of anilines is 1. The van der Waals surface area contributed by atoms with Crippen LogP contribution in [-0.2, 0) is 11.3 Å². The summed E-state index contributed by atoms with van der Waals surface area (Å²) in [5.74, 6) is -1.85. The van der Waals surface area contributed by atoms with Gasteiger partial charge in [-0.25, -0.2) is 8.78 Å². The van der Waals surface area contributed by atoms with Gasteiger partial charge in [0, 0.05) is 12.6 Å². The summed E-state index contributed by atoms with van der Waals surface area (Å²) in [5.41, 5.74) is 0.278. The highest BCUT2D eigenvalue weighted by Gasteiger charge is 2.17. The second-order valence-electron chi connectivity index (χ2n) is 6.30. The van der Waals surface area contributed by atoms with Gasteiger partial charge in [-0.1, -0.05) is 30.0 Å². The van der Waals surface area contributed by atoms with E-state index in [0.29, 0.717) is 27.9 Å². The summed E-state index contributed by atoms with van der Waals surface area (Å²) >= 11 is 1.08. The van der Waals surface area contributed by atoms with Crippen LogP contribution in [-0.4, -0.2) is 30.8 Å². The molecule has 2 aromatic heterocycles. The number of nitrogens with zero attached hydrogens (tertiary/aromatic N) is 4. The number of carbonyl (C=O) groups excluding carboxylic acids is 1. The van der Waals surface area contributed by atoms with Gasteiger partial charge in [0.15, 0.2) is 5.16 Å². The molecule has 0 spiro atoms. The molecule has 1 N–H and O–H groups in total. The van der Waals surface area contributed by atoms with Crippen LogP contribution in [0.25, 0.3) is 16.7 Å². The van der Waals surface area contributed by atoms with E-state index in [0.717, 1.165) is 23.9 Å². The molecule has 0 saturated carbocycles. The number of hydrogen-bond donors (Lipinski definition) is 1. The molecule has 0 bridgehead atoms. The van der Waals surface area contributed by atoms with Crippen molar-refractivity contribution in [3.63, 3.8) is 0 Å². The molecular weight excluding hydrogens is 412 g/mol. The van der Waals surface area contributed by atoms with Crippen LogP contribution in [0.5, 0.6) is 0 Å². The van der Waals surface area contributed by atoms with E-state index in [2.05, 4.69) is 22.1 Å². The minimum atomic E-state index is -0.860.